The SMILES string of the molecule is CC1(C2CCN(C(=O)c3ccc(-c4ccco4)cc3)CC2)NC(=O)N(CCN2CCOCC2)C1=O. The van der Waals surface area contributed by atoms with Crippen LogP contribution in [-0.4, -0.2) is 90.6 Å². The van der Waals surface area contributed by atoms with Crippen LogP contribution in [0.1, 0.15) is 30.1 Å². The Labute approximate surface area is 205 Å². The Morgan fingerprint density at radius 2 is 1.74 bits per heavy atom. The van der Waals surface area contributed by atoms with E-state index in [2.05, 4.69) is 10.2 Å². The molecule has 3 saturated heterocycles. The number of benzene rings is 1. The normalized spacial score (nSPS) is 24.1. The molecule has 1 aromatic carbocycles. The van der Waals surface area contributed by atoms with Crippen LogP contribution in [0.2, 0.25) is 0 Å². The predicted octanol–water partition coefficient (Wildman–Crippen LogP) is 2.44. The Bertz CT molecular complexity index is 1060. The maximum absolute atomic E-state index is 13.3. The molecule has 1 aromatic heterocycles. The van der Waals surface area contributed by atoms with Crippen LogP contribution >= 0.6 is 0 Å². The van der Waals surface area contributed by atoms with Gasteiger partial charge in [0.1, 0.15) is 11.3 Å². The number of urea groups is 1. The van der Waals surface area contributed by atoms with Gasteiger partial charge in [-0.1, -0.05) is 12.1 Å². The molecule has 1 unspecified atom stereocenters. The number of piperidine rings is 1. The summed E-state index contributed by atoms with van der Waals surface area (Å²) in [6.07, 6.45) is 2.95. The molecule has 3 aliphatic heterocycles. The maximum atomic E-state index is 13.3. The van der Waals surface area contributed by atoms with Gasteiger partial charge in [0, 0.05) is 50.4 Å². The van der Waals surface area contributed by atoms with E-state index in [9.17, 15) is 14.4 Å². The molecule has 4 amide bonds. The van der Waals surface area contributed by atoms with Crippen molar-refractivity contribution in [2.75, 3.05) is 52.5 Å². The minimum atomic E-state index is -0.929. The Hall–Kier alpha value is -3.17. The highest BCUT2D eigenvalue weighted by Gasteiger charge is 2.52. The number of furan rings is 1. The first-order chi connectivity index (χ1) is 17.0. The molecule has 0 bridgehead atoms. The van der Waals surface area contributed by atoms with E-state index in [1.165, 1.54) is 4.90 Å². The summed E-state index contributed by atoms with van der Waals surface area (Å²) in [4.78, 5) is 44.4. The average molecular weight is 481 g/mol. The summed E-state index contributed by atoms with van der Waals surface area (Å²) in [5, 5.41) is 2.96. The summed E-state index contributed by atoms with van der Waals surface area (Å²) in [5.74, 6) is 0.570. The number of carbonyl (C=O) groups is 3. The predicted molar refractivity (Wildman–Crippen MR) is 129 cm³/mol. The minimum Gasteiger partial charge on any atom is -0.464 e. The molecule has 4 heterocycles. The lowest BCUT2D eigenvalue weighted by atomic mass is 9.78. The third-order valence-corrected chi connectivity index (χ3v) is 7.58. The van der Waals surface area contributed by atoms with Crippen LogP contribution < -0.4 is 5.32 Å². The van der Waals surface area contributed by atoms with Crippen molar-refractivity contribution in [2.24, 2.45) is 5.92 Å². The van der Waals surface area contributed by atoms with Gasteiger partial charge in [-0.2, -0.15) is 0 Å². The van der Waals surface area contributed by atoms with Crippen molar-refractivity contribution in [3.63, 3.8) is 0 Å². The summed E-state index contributed by atoms with van der Waals surface area (Å²) in [6, 6.07) is 10.8. The fourth-order valence-corrected chi connectivity index (χ4v) is 5.32. The summed E-state index contributed by atoms with van der Waals surface area (Å²) in [7, 11) is 0. The number of ether oxygens (including phenoxy) is 1. The zero-order valence-corrected chi connectivity index (χ0v) is 20.1. The van der Waals surface area contributed by atoms with Gasteiger partial charge in [0.15, 0.2) is 0 Å². The monoisotopic (exact) mass is 480 g/mol. The van der Waals surface area contributed by atoms with E-state index < -0.39 is 5.54 Å². The molecule has 2 aromatic rings. The van der Waals surface area contributed by atoms with Crippen molar-refractivity contribution < 1.29 is 23.5 Å². The number of amides is 4. The number of rotatable bonds is 6. The number of morpholine rings is 1. The number of imide groups is 1. The highest BCUT2D eigenvalue weighted by molar-refractivity contribution is 6.07. The number of hydrogen-bond acceptors (Lipinski definition) is 6. The molecule has 0 saturated carbocycles. The molecular weight excluding hydrogens is 448 g/mol. The van der Waals surface area contributed by atoms with E-state index in [4.69, 9.17) is 9.15 Å². The number of hydrogen-bond donors (Lipinski definition) is 1. The molecule has 186 valence electrons. The van der Waals surface area contributed by atoms with Gasteiger partial charge in [-0.05, 0) is 49.9 Å². The second-order valence-corrected chi connectivity index (χ2v) is 9.66. The van der Waals surface area contributed by atoms with Gasteiger partial charge in [-0.25, -0.2) is 4.79 Å². The Morgan fingerprint density at radius 3 is 2.40 bits per heavy atom. The summed E-state index contributed by atoms with van der Waals surface area (Å²) in [6.45, 7) is 6.98. The lowest BCUT2D eigenvalue weighted by Crippen LogP contribution is -2.54. The quantitative estimate of drug-likeness (QED) is 0.638. The van der Waals surface area contributed by atoms with Crippen LogP contribution in [0.3, 0.4) is 0 Å². The number of likely N-dealkylation sites (tertiary alicyclic amines) is 1. The molecule has 9 heteroatoms. The van der Waals surface area contributed by atoms with Crippen LogP contribution in [0, 0.1) is 5.92 Å². The lowest BCUT2D eigenvalue weighted by molar-refractivity contribution is -0.133. The van der Waals surface area contributed by atoms with Gasteiger partial charge in [-0.3, -0.25) is 19.4 Å². The highest BCUT2D eigenvalue weighted by atomic mass is 16.5. The van der Waals surface area contributed by atoms with E-state index in [1.807, 2.05) is 48.2 Å². The first-order valence-electron chi connectivity index (χ1n) is 12.3. The van der Waals surface area contributed by atoms with E-state index in [-0.39, 0.29) is 23.8 Å². The molecule has 3 fully saturated rings. The maximum Gasteiger partial charge on any atom is 0.325 e. The van der Waals surface area contributed by atoms with Crippen LogP contribution in [0.15, 0.2) is 47.1 Å². The van der Waals surface area contributed by atoms with Crippen molar-refractivity contribution in [1.29, 1.82) is 0 Å². The lowest BCUT2D eigenvalue weighted by Gasteiger charge is -2.39. The molecule has 0 spiro atoms. The Balaban J connectivity index is 1.16. The third-order valence-electron chi connectivity index (χ3n) is 7.58. The molecule has 9 nitrogen and oxygen atoms in total. The van der Waals surface area contributed by atoms with Gasteiger partial charge in [0.05, 0.1) is 19.5 Å². The zero-order chi connectivity index (χ0) is 24.4. The van der Waals surface area contributed by atoms with Gasteiger partial charge in [0.25, 0.3) is 11.8 Å². The van der Waals surface area contributed by atoms with Gasteiger partial charge >= 0.3 is 6.03 Å². The van der Waals surface area contributed by atoms with Crippen LogP contribution in [0.5, 0.6) is 0 Å². The van der Waals surface area contributed by atoms with E-state index in [0.29, 0.717) is 57.8 Å². The second kappa shape index (κ2) is 9.83. The zero-order valence-electron chi connectivity index (χ0n) is 20.1. The standard InChI is InChI=1S/C26H32N4O5/c1-26(24(32)30(25(33)27-26)13-12-28-14-17-34-18-15-28)21-8-10-29(11-9-21)23(31)20-6-4-19(5-7-20)22-3-2-16-35-22/h2-7,16,21H,8-15,17-18H2,1H3,(H,27,33). The van der Waals surface area contributed by atoms with Crippen LogP contribution in [0.4, 0.5) is 4.79 Å². The van der Waals surface area contributed by atoms with Crippen molar-refractivity contribution in [1.82, 2.24) is 20.0 Å². The molecular formula is C26H32N4O5. The van der Waals surface area contributed by atoms with Crippen molar-refractivity contribution >= 4 is 17.8 Å². The summed E-state index contributed by atoms with van der Waals surface area (Å²) < 4.78 is 10.8. The minimum absolute atomic E-state index is 0.0160. The summed E-state index contributed by atoms with van der Waals surface area (Å²) in [5.41, 5.74) is 0.624. The smallest absolute Gasteiger partial charge is 0.325 e. The van der Waals surface area contributed by atoms with Crippen LogP contribution in [-0.2, 0) is 9.53 Å². The molecule has 3 aliphatic rings. The topological polar surface area (TPSA) is 95.3 Å². The van der Waals surface area contributed by atoms with Crippen molar-refractivity contribution in [3.8, 4) is 11.3 Å². The first-order valence-corrected chi connectivity index (χ1v) is 12.3. The van der Waals surface area contributed by atoms with Gasteiger partial charge < -0.3 is 19.4 Å². The largest absolute Gasteiger partial charge is 0.464 e. The molecule has 0 radical (unpaired) electrons. The number of carbonyl (C=O) groups excluding carboxylic acids is 3. The van der Waals surface area contributed by atoms with E-state index >= 15 is 0 Å². The van der Waals surface area contributed by atoms with Gasteiger partial charge in [-0.15, -0.1) is 0 Å². The highest BCUT2D eigenvalue weighted by Crippen LogP contribution is 2.34. The number of nitrogens with zero attached hydrogens (tertiary/aromatic N) is 3. The van der Waals surface area contributed by atoms with Crippen molar-refractivity contribution in [2.45, 2.75) is 25.3 Å². The summed E-state index contributed by atoms with van der Waals surface area (Å²) >= 11 is 0. The Morgan fingerprint density at radius 1 is 1.03 bits per heavy atom. The van der Waals surface area contributed by atoms with E-state index in [0.717, 1.165) is 24.4 Å². The molecule has 1 atom stereocenters. The molecule has 1 N–H and O–H groups in total. The molecule has 0 aliphatic carbocycles. The van der Waals surface area contributed by atoms with Gasteiger partial charge in [0.2, 0.25) is 0 Å². The van der Waals surface area contributed by atoms with Crippen molar-refractivity contribution in [3.05, 3.63) is 48.2 Å². The van der Waals surface area contributed by atoms with E-state index in [1.54, 1.807) is 6.26 Å². The third kappa shape index (κ3) is 4.70. The van der Waals surface area contributed by atoms with Crippen LogP contribution in [0.25, 0.3) is 11.3 Å². The Kier molecular flexibility index (Phi) is 6.62. The fourth-order valence-electron chi connectivity index (χ4n) is 5.32. The first kappa shape index (κ1) is 23.6. The fraction of sp³-hybridized carbons (Fsp3) is 0.500. The molecule has 35 heavy (non-hydrogen) atoms. The molecule has 5 rings (SSSR count). The average Bonchev–Trinajstić information content (AvgIpc) is 3.51. The second-order valence-electron chi connectivity index (χ2n) is 9.66. The number of nitrogens with one attached hydrogen (secondary N) is 1.